The van der Waals surface area contributed by atoms with E-state index >= 15 is 0 Å². The van der Waals surface area contributed by atoms with Gasteiger partial charge in [-0.3, -0.25) is 4.79 Å². The van der Waals surface area contributed by atoms with Gasteiger partial charge in [-0.1, -0.05) is 54.1 Å². The lowest BCUT2D eigenvalue weighted by atomic mass is 10.1. The third-order valence-electron chi connectivity index (χ3n) is 4.95. The SMILES string of the molecule is O=C(O)[C@@H](CCn1ncc2ccccc2c1=O)Oc1ccc(-c2ccc(Cl)cc2)cc1. The van der Waals surface area contributed by atoms with E-state index in [2.05, 4.69) is 5.10 Å². The van der Waals surface area contributed by atoms with Gasteiger partial charge in [-0.25, -0.2) is 9.48 Å². The molecule has 1 N–H and O–H groups in total. The number of hydrogen-bond acceptors (Lipinski definition) is 4. The highest BCUT2D eigenvalue weighted by Crippen LogP contribution is 2.24. The van der Waals surface area contributed by atoms with Gasteiger partial charge in [0.15, 0.2) is 6.10 Å². The van der Waals surface area contributed by atoms with Crippen molar-refractivity contribution in [2.75, 3.05) is 0 Å². The number of nitrogens with zero attached hydrogens (tertiary/aromatic N) is 2. The summed E-state index contributed by atoms with van der Waals surface area (Å²) in [7, 11) is 0. The molecule has 156 valence electrons. The molecular weight excluding hydrogens is 416 g/mol. The Morgan fingerprint density at radius 2 is 1.65 bits per heavy atom. The Bertz CT molecular complexity index is 1270. The second kappa shape index (κ2) is 9.02. The molecule has 4 rings (SSSR count). The van der Waals surface area contributed by atoms with Gasteiger partial charge < -0.3 is 9.84 Å². The number of carbonyl (C=O) groups is 1. The van der Waals surface area contributed by atoms with Crippen LogP contribution < -0.4 is 10.3 Å². The number of aryl methyl sites for hydroxylation is 1. The van der Waals surface area contributed by atoms with E-state index in [0.29, 0.717) is 16.2 Å². The fourth-order valence-electron chi connectivity index (χ4n) is 3.29. The van der Waals surface area contributed by atoms with Crippen LogP contribution in [0.2, 0.25) is 5.02 Å². The number of fused-ring (bicyclic) bond motifs is 1. The van der Waals surface area contributed by atoms with Gasteiger partial charge in [0.05, 0.1) is 11.6 Å². The van der Waals surface area contributed by atoms with E-state index in [1.807, 2.05) is 48.5 Å². The van der Waals surface area contributed by atoms with Crippen LogP contribution >= 0.6 is 11.6 Å². The van der Waals surface area contributed by atoms with Crippen LogP contribution in [0.3, 0.4) is 0 Å². The maximum atomic E-state index is 12.6. The van der Waals surface area contributed by atoms with Gasteiger partial charge in [-0.15, -0.1) is 0 Å². The van der Waals surface area contributed by atoms with Crippen LogP contribution in [0.5, 0.6) is 5.75 Å². The quantitative estimate of drug-likeness (QED) is 0.458. The Morgan fingerprint density at radius 3 is 2.32 bits per heavy atom. The van der Waals surface area contributed by atoms with Crippen LogP contribution in [0, 0.1) is 0 Å². The molecule has 1 aromatic heterocycles. The Hall–Kier alpha value is -3.64. The predicted molar refractivity (Wildman–Crippen MR) is 120 cm³/mol. The summed E-state index contributed by atoms with van der Waals surface area (Å²) in [6.07, 6.45) is 0.587. The van der Waals surface area contributed by atoms with Crippen LogP contribution in [-0.2, 0) is 11.3 Å². The van der Waals surface area contributed by atoms with Gasteiger partial charge in [0.1, 0.15) is 5.75 Å². The molecule has 6 nitrogen and oxygen atoms in total. The fraction of sp³-hybridized carbons (Fsp3) is 0.125. The third kappa shape index (κ3) is 4.75. The van der Waals surface area contributed by atoms with E-state index < -0.39 is 12.1 Å². The molecule has 1 atom stereocenters. The standard InChI is InChI=1S/C24H19ClN2O4/c25-19-9-5-16(6-10-19)17-7-11-20(12-8-17)31-22(24(29)30)13-14-27-23(28)21-4-2-1-3-18(21)15-26-27/h1-12,15,22H,13-14H2,(H,29,30)/t22-/m1/s1. The van der Waals surface area contributed by atoms with Crippen LogP contribution in [-0.4, -0.2) is 27.0 Å². The van der Waals surface area contributed by atoms with Crippen molar-refractivity contribution in [3.05, 3.63) is 94.4 Å². The van der Waals surface area contributed by atoms with E-state index in [1.54, 1.807) is 30.5 Å². The molecular formula is C24H19ClN2O4. The van der Waals surface area contributed by atoms with Crippen molar-refractivity contribution >= 4 is 28.3 Å². The third-order valence-corrected chi connectivity index (χ3v) is 5.20. The highest BCUT2D eigenvalue weighted by atomic mass is 35.5. The largest absolute Gasteiger partial charge is 0.479 e. The number of carboxylic acids is 1. The molecule has 31 heavy (non-hydrogen) atoms. The number of halogens is 1. The van der Waals surface area contributed by atoms with Gasteiger partial charge in [0, 0.05) is 23.4 Å². The number of aromatic nitrogens is 2. The molecule has 0 radical (unpaired) electrons. The summed E-state index contributed by atoms with van der Waals surface area (Å²) in [4.78, 5) is 24.3. The lowest BCUT2D eigenvalue weighted by Gasteiger charge is -2.16. The average Bonchev–Trinajstić information content (AvgIpc) is 2.79. The van der Waals surface area contributed by atoms with Crippen LogP contribution in [0.1, 0.15) is 6.42 Å². The second-order valence-electron chi connectivity index (χ2n) is 7.02. The summed E-state index contributed by atoms with van der Waals surface area (Å²) >= 11 is 5.92. The Labute approximate surface area is 183 Å². The predicted octanol–water partition coefficient (Wildman–Crippen LogP) is 4.64. The fourth-order valence-corrected chi connectivity index (χ4v) is 3.42. The minimum absolute atomic E-state index is 0.0967. The maximum absolute atomic E-state index is 12.6. The second-order valence-corrected chi connectivity index (χ2v) is 7.46. The molecule has 0 saturated heterocycles. The van der Waals surface area contributed by atoms with Gasteiger partial charge >= 0.3 is 5.97 Å². The van der Waals surface area contributed by atoms with E-state index in [1.165, 1.54) is 4.68 Å². The summed E-state index contributed by atoms with van der Waals surface area (Å²) in [5, 5.41) is 15.7. The molecule has 0 saturated carbocycles. The highest BCUT2D eigenvalue weighted by Gasteiger charge is 2.20. The number of carboxylic acid groups (broad SMARTS) is 1. The zero-order chi connectivity index (χ0) is 21.8. The van der Waals surface area contributed by atoms with Gasteiger partial charge in [0.2, 0.25) is 0 Å². The van der Waals surface area contributed by atoms with Gasteiger partial charge in [-0.05, 0) is 41.5 Å². The normalized spacial score (nSPS) is 11.9. The van der Waals surface area contributed by atoms with Crippen molar-refractivity contribution in [2.45, 2.75) is 19.1 Å². The minimum Gasteiger partial charge on any atom is -0.479 e. The van der Waals surface area contributed by atoms with E-state index in [4.69, 9.17) is 16.3 Å². The molecule has 7 heteroatoms. The first-order valence-electron chi connectivity index (χ1n) is 9.71. The number of rotatable bonds is 7. The molecule has 0 fully saturated rings. The summed E-state index contributed by atoms with van der Waals surface area (Å²) in [5.41, 5.74) is 1.70. The summed E-state index contributed by atoms with van der Waals surface area (Å²) in [5.74, 6) is -0.667. The minimum atomic E-state index is -1.11. The van der Waals surface area contributed by atoms with Crippen molar-refractivity contribution in [2.24, 2.45) is 0 Å². The molecule has 0 aliphatic heterocycles. The molecule has 0 amide bonds. The molecule has 0 aliphatic carbocycles. The maximum Gasteiger partial charge on any atom is 0.344 e. The molecule has 4 aromatic rings. The zero-order valence-corrected chi connectivity index (χ0v) is 17.2. The first kappa shape index (κ1) is 20.6. The van der Waals surface area contributed by atoms with Crippen molar-refractivity contribution in [1.82, 2.24) is 9.78 Å². The van der Waals surface area contributed by atoms with Crippen molar-refractivity contribution in [3.63, 3.8) is 0 Å². The smallest absolute Gasteiger partial charge is 0.344 e. The number of aliphatic carboxylic acids is 1. The van der Waals surface area contributed by atoms with Crippen LogP contribution in [0.15, 0.2) is 83.8 Å². The van der Waals surface area contributed by atoms with Crippen molar-refractivity contribution < 1.29 is 14.6 Å². The highest BCUT2D eigenvalue weighted by molar-refractivity contribution is 6.30. The average molecular weight is 435 g/mol. The molecule has 0 bridgehead atoms. The lowest BCUT2D eigenvalue weighted by molar-refractivity contribution is -0.145. The van der Waals surface area contributed by atoms with Gasteiger partial charge in [0.25, 0.3) is 5.56 Å². The molecule has 0 aliphatic rings. The van der Waals surface area contributed by atoms with Crippen LogP contribution in [0.25, 0.3) is 21.9 Å². The van der Waals surface area contributed by atoms with Crippen molar-refractivity contribution in [3.8, 4) is 16.9 Å². The van der Waals surface area contributed by atoms with E-state index in [9.17, 15) is 14.7 Å². The van der Waals surface area contributed by atoms with Crippen molar-refractivity contribution in [1.29, 1.82) is 0 Å². The van der Waals surface area contributed by atoms with E-state index in [0.717, 1.165) is 16.5 Å². The molecule has 0 unspecified atom stereocenters. The lowest BCUT2D eigenvalue weighted by Crippen LogP contribution is -2.31. The summed E-state index contributed by atoms with van der Waals surface area (Å²) < 4.78 is 6.94. The Morgan fingerprint density at radius 1 is 1.00 bits per heavy atom. The van der Waals surface area contributed by atoms with Crippen LogP contribution in [0.4, 0.5) is 0 Å². The molecule has 0 spiro atoms. The van der Waals surface area contributed by atoms with E-state index in [-0.39, 0.29) is 18.5 Å². The number of ether oxygens (including phenoxy) is 1. The number of benzene rings is 3. The zero-order valence-electron chi connectivity index (χ0n) is 16.4. The summed E-state index contributed by atoms with van der Waals surface area (Å²) in [6.45, 7) is 0.128. The Kier molecular flexibility index (Phi) is 6.00. The molecule has 3 aromatic carbocycles. The summed E-state index contributed by atoms with van der Waals surface area (Å²) in [6, 6.07) is 21.7. The number of hydrogen-bond donors (Lipinski definition) is 1. The molecule has 1 heterocycles. The monoisotopic (exact) mass is 434 g/mol. The Balaban J connectivity index is 1.46. The topological polar surface area (TPSA) is 81.4 Å². The van der Waals surface area contributed by atoms with Gasteiger partial charge in [-0.2, -0.15) is 5.10 Å². The first-order chi connectivity index (χ1) is 15.0. The first-order valence-corrected chi connectivity index (χ1v) is 10.1.